The lowest BCUT2D eigenvalue weighted by molar-refractivity contribution is -0.145. The molecule has 0 aromatic rings. The van der Waals surface area contributed by atoms with E-state index in [-0.39, 0.29) is 6.10 Å². The third-order valence-electron chi connectivity index (χ3n) is 2.51. The van der Waals surface area contributed by atoms with Gasteiger partial charge in [0.15, 0.2) is 5.79 Å². The lowest BCUT2D eigenvalue weighted by Gasteiger charge is -2.17. The smallest absolute Gasteiger partial charge is 0.163 e. The Morgan fingerprint density at radius 1 is 1.15 bits per heavy atom. The van der Waals surface area contributed by atoms with Crippen LogP contribution < -0.4 is 0 Å². The predicted octanol–water partition coefficient (Wildman–Crippen LogP) is 1.50. The van der Waals surface area contributed by atoms with Crippen LogP contribution in [0.15, 0.2) is 5.11 Å². The lowest BCUT2D eigenvalue weighted by atomic mass is 10.4. The molecule has 1 saturated heterocycles. The zero-order chi connectivity index (χ0) is 14.7. The Balaban J connectivity index is 1.80. The molecule has 8 nitrogen and oxygen atoms in total. The van der Waals surface area contributed by atoms with Crippen molar-refractivity contribution in [3.8, 4) is 0 Å². The van der Waals surface area contributed by atoms with Crippen LogP contribution in [-0.4, -0.2) is 64.7 Å². The van der Waals surface area contributed by atoms with Crippen LogP contribution in [0.4, 0.5) is 0 Å². The SMILES string of the molecule is CC1(C)OCC(COCCOCCOCCN=[N+]=[N-])O1. The second-order valence-electron chi connectivity index (χ2n) is 4.70. The Labute approximate surface area is 118 Å². The standard InChI is InChI=1S/C12H23N3O5/c1-12(2)19-10-11(20-12)9-18-8-7-17-6-5-16-4-3-14-15-13/h11H,3-10H2,1-2H3. The van der Waals surface area contributed by atoms with E-state index < -0.39 is 5.79 Å². The molecular weight excluding hydrogens is 266 g/mol. The van der Waals surface area contributed by atoms with Gasteiger partial charge in [0.25, 0.3) is 0 Å². The van der Waals surface area contributed by atoms with Crippen molar-refractivity contribution in [2.45, 2.75) is 25.7 Å². The van der Waals surface area contributed by atoms with E-state index in [4.69, 9.17) is 29.2 Å². The largest absolute Gasteiger partial charge is 0.379 e. The first kappa shape index (κ1) is 17.2. The molecule has 1 unspecified atom stereocenters. The van der Waals surface area contributed by atoms with Gasteiger partial charge in [0.2, 0.25) is 0 Å². The summed E-state index contributed by atoms with van der Waals surface area (Å²) in [5.41, 5.74) is 8.04. The van der Waals surface area contributed by atoms with Crippen LogP contribution in [0.25, 0.3) is 10.4 Å². The number of ether oxygens (including phenoxy) is 5. The summed E-state index contributed by atoms with van der Waals surface area (Å²) in [6.07, 6.45) is -0.00553. The molecule has 0 bridgehead atoms. The Hall–Kier alpha value is -0.890. The van der Waals surface area contributed by atoms with Crippen molar-refractivity contribution < 1.29 is 23.7 Å². The van der Waals surface area contributed by atoms with Gasteiger partial charge in [-0.05, 0) is 19.4 Å². The Morgan fingerprint density at radius 2 is 1.80 bits per heavy atom. The quantitative estimate of drug-likeness (QED) is 0.248. The highest BCUT2D eigenvalue weighted by Gasteiger charge is 2.32. The molecule has 20 heavy (non-hydrogen) atoms. The molecule has 0 radical (unpaired) electrons. The second kappa shape index (κ2) is 9.93. The van der Waals surface area contributed by atoms with Gasteiger partial charge in [-0.2, -0.15) is 0 Å². The van der Waals surface area contributed by atoms with Gasteiger partial charge in [-0.1, -0.05) is 5.11 Å². The van der Waals surface area contributed by atoms with Gasteiger partial charge in [0.05, 0.1) is 46.2 Å². The highest BCUT2D eigenvalue weighted by molar-refractivity contribution is 4.70. The summed E-state index contributed by atoms with van der Waals surface area (Å²) >= 11 is 0. The van der Waals surface area contributed by atoms with E-state index in [1.54, 1.807) is 0 Å². The van der Waals surface area contributed by atoms with Crippen LogP contribution in [0.3, 0.4) is 0 Å². The topological polar surface area (TPSA) is 94.9 Å². The molecule has 1 aliphatic rings. The zero-order valence-electron chi connectivity index (χ0n) is 12.1. The molecule has 1 heterocycles. The van der Waals surface area contributed by atoms with E-state index in [0.717, 1.165) is 0 Å². The minimum absolute atomic E-state index is 0.00553. The first-order chi connectivity index (χ1) is 9.64. The summed E-state index contributed by atoms with van der Waals surface area (Å²) in [4.78, 5) is 2.62. The summed E-state index contributed by atoms with van der Waals surface area (Å²) in [6, 6.07) is 0. The van der Waals surface area contributed by atoms with Crippen LogP contribution in [0.5, 0.6) is 0 Å². The van der Waals surface area contributed by atoms with Crippen molar-refractivity contribution >= 4 is 0 Å². The van der Waals surface area contributed by atoms with Gasteiger partial charge in [0.1, 0.15) is 6.10 Å². The van der Waals surface area contributed by atoms with Gasteiger partial charge in [-0.25, -0.2) is 0 Å². The van der Waals surface area contributed by atoms with Gasteiger partial charge in [0, 0.05) is 11.5 Å². The number of nitrogens with zero attached hydrogens (tertiary/aromatic N) is 3. The Morgan fingerprint density at radius 3 is 2.40 bits per heavy atom. The summed E-state index contributed by atoms with van der Waals surface area (Å²) in [5.74, 6) is -0.503. The molecule has 1 atom stereocenters. The van der Waals surface area contributed by atoms with Gasteiger partial charge in [-0.15, -0.1) is 0 Å². The van der Waals surface area contributed by atoms with E-state index in [1.165, 1.54) is 0 Å². The maximum absolute atomic E-state index is 8.04. The molecule has 0 aliphatic carbocycles. The zero-order valence-corrected chi connectivity index (χ0v) is 12.1. The van der Waals surface area contributed by atoms with Gasteiger partial charge < -0.3 is 23.7 Å². The number of rotatable bonds is 11. The van der Waals surface area contributed by atoms with E-state index in [1.807, 2.05) is 13.8 Å². The Kier molecular flexibility index (Phi) is 8.52. The van der Waals surface area contributed by atoms with Crippen LogP contribution in [0.1, 0.15) is 13.8 Å². The highest BCUT2D eigenvalue weighted by atomic mass is 16.7. The fourth-order valence-corrected chi connectivity index (χ4v) is 1.65. The van der Waals surface area contributed by atoms with Gasteiger partial charge in [-0.3, -0.25) is 0 Å². The number of azide groups is 1. The van der Waals surface area contributed by atoms with Crippen LogP contribution >= 0.6 is 0 Å². The average molecular weight is 289 g/mol. The normalized spacial score (nSPS) is 20.8. The minimum atomic E-state index is -0.503. The van der Waals surface area contributed by atoms with Crippen LogP contribution in [0, 0.1) is 0 Å². The lowest BCUT2D eigenvalue weighted by Crippen LogP contribution is -2.24. The maximum Gasteiger partial charge on any atom is 0.163 e. The number of hydrogen-bond donors (Lipinski definition) is 0. The highest BCUT2D eigenvalue weighted by Crippen LogP contribution is 2.22. The third kappa shape index (κ3) is 8.31. The van der Waals surface area contributed by atoms with Crippen molar-refractivity contribution in [3.05, 3.63) is 10.4 Å². The van der Waals surface area contributed by atoms with Crippen molar-refractivity contribution in [2.24, 2.45) is 5.11 Å². The summed E-state index contributed by atoms with van der Waals surface area (Å²) in [7, 11) is 0. The molecule has 116 valence electrons. The molecule has 0 spiro atoms. The molecular formula is C12H23N3O5. The Bertz CT molecular complexity index is 307. The predicted molar refractivity (Wildman–Crippen MR) is 71.4 cm³/mol. The first-order valence-electron chi connectivity index (χ1n) is 6.70. The second-order valence-corrected chi connectivity index (χ2v) is 4.70. The molecule has 0 N–H and O–H groups in total. The molecule has 0 aromatic heterocycles. The van der Waals surface area contributed by atoms with Gasteiger partial charge >= 0.3 is 0 Å². The summed E-state index contributed by atoms with van der Waals surface area (Å²) < 4.78 is 27.0. The minimum Gasteiger partial charge on any atom is -0.379 e. The van der Waals surface area contributed by atoms with E-state index in [9.17, 15) is 0 Å². The van der Waals surface area contributed by atoms with Crippen molar-refractivity contribution in [1.29, 1.82) is 0 Å². The fraction of sp³-hybridized carbons (Fsp3) is 1.00. The maximum atomic E-state index is 8.04. The molecule has 0 amide bonds. The first-order valence-corrected chi connectivity index (χ1v) is 6.70. The molecule has 1 aliphatic heterocycles. The fourth-order valence-electron chi connectivity index (χ4n) is 1.65. The van der Waals surface area contributed by atoms with E-state index >= 15 is 0 Å². The molecule has 1 fully saturated rings. The summed E-state index contributed by atoms with van der Waals surface area (Å²) in [6.45, 7) is 7.61. The van der Waals surface area contributed by atoms with Crippen molar-refractivity contribution in [2.75, 3.05) is 52.8 Å². The molecule has 0 saturated carbocycles. The third-order valence-corrected chi connectivity index (χ3v) is 2.51. The van der Waals surface area contributed by atoms with Crippen LogP contribution in [-0.2, 0) is 23.7 Å². The molecule has 8 heteroatoms. The van der Waals surface area contributed by atoms with E-state index in [0.29, 0.717) is 52.8 Å². The molecule has 1 rings (SSSR count). The molecule has 0 aromatic carbocycles. The summed E-state index contributed by atoms with van der Waals surface area (Å²) in [5, 5.41) is 3.35. The van der Waals surface area contributed by atoms with Crippen molar-refractivity contribution in [3.63, 3.8) is 0 Å². The van der Waals surface area contributed by atoms with Crippen molar-refractivity contribution in [1.82, 2.24) is 0 Å². The van der Waals surface area contributed by atoms with E-state index in [2.05, 4.69) is 10.0 Å². The van der Waals surface area contributed by atoms with Crippen LogP contribution in [0.2, 0.25) is 0 Å². The number of hydrogen-bond acceptors (Lipinski definition) is 6. The average Bonchev–Trinajstić information content (AvgIpc) is 2.75. The monoisotopic (exact) mass is 289 g/mol.